The van der Waals surface area contributed by atoms with E-state index in [9.17, 15) is 4.39 Å². The van der Waals surface area contributed by atoms with Crippen LogP contribution in [-0.2, 0) is 9.47 Å². The lowest BCUT2D eigenvalue weighted by Gasteiger charge is -2.40. The quantitative estimate of drug-likeness (QED) is 0.602. The number of piperidine rings is 1. The Kier molecular flexibility index (Phi) is 3.57. The van der Waals surface area contributed by atoms with Crippen molar-refractivity contribution in [2.75, 3.05) is 36.9 Å². The summed E-state index contributed by atoms with van der Waals surface area (Å²) in [6, 6.07) is 3.17. The van der Waals surface area contributed by atoms with Gasteiger partial charge in [-0.1, -0.05) is 0 Å². The Morgan fingerprint density at radius 3 is 2.79 bits per heavy atom. The summed E-state index contributed by atoms with van der Waals surface area (Å²) in [5.41, 5.74) is 7.34. The van der Waals surface area contributed by atoms with Gasteiger partial charge in [-0.05, 0) is 35.1 Å². The van der Waals surface area contributed by atoms with Crippen LogP contribution in [0.25, 0.3) is 0 Å². The number of benzene rings is 1. The molecule has 0 aromatic heterocycles. The summed E-state index contributed by atoms with van der Waals surface area (Å²) in [6.07, 6.45) is 1.84. The molecule has 0 bridgehead atoms. The number of ether oxygens (including phenoxy) is 2. The maximum Gasteiger partial charge on any atom is 0.186 e. The largest absolute Gasteiger partial charge is 0.397 e. The predicted octanol–water partition coefficient (Wildman–Crippen LogP) is 2.36. The molecule has 0 unspecified atom stereocenters. The molecule has 2 aliphatic heterocycles. The lowest BCUT2D eigenvalue weighted by atomic mass is 10.0. The molecule has 4 nitrogen and oxygen atoms in total. The molecule has 2 heterocycles. The van der Waals surface area contributed by atoms with Crippen LogP contribution in [0.3, 0.4) is 0 Å². The third-order valence-corrected chi connectivity index (χ3v) is 4.47. The molecule has 2 fully saturated rings. The van der Waals surface area contributed by atoms with E-state index in [0.717, 1.165) is 25.1 Å². The zero-order valence-corrected chi connectivity index (χ0v) is 12.7. The van der Waals surface area contributed by atoms with E-state index in [1.165, 1.54) is 6.07 Å². The molecule has 0 amide bonds. The third kappa shape index (κ3) is 2.53. The number of rotatable bonds is 1. The highest BCUT2D eigenvalue weighted by Gasteiger charge is 2.41. The van der Waals surface area contributed by atoms with Gasteiger partial charge >= 0.3 is 0 Å². The Morgan fingerprint density at radius 2 is 2.05 bits per heavy atom. The van der Waals surface area contributed by atoms with Crippen molar-refractivity contribution in [3.63, 3.8) is 0 Å². The summed E-state index contributed by atoms with van der Waals surface area (Å²) in [7, 11) is 0. The maximum absolute atomic E-state index is 13.7. The average Bonchev–Trinajstić information content (AvgIpc) is 2.82. The van der Waals surface area contributed by atoms with Crippen LogP contribution in [0, 0.1) is 9.39 Å². The molecule has 0 aliphatic carbocycles. The number of nitrogen functional groups attached to an aromatic ring is 1. The van der Waals surface area contributed by atoms with E-state index in [1.807, 2.05) is 22.6 Å². The van der Waals surface area contributed by atoms with Gasteiger partial charge in [-0.15, -0.1) is 0 Å². The molecule has 19 heavy (non-hydrogen) atoms. The Bertz CT molecular complexity index is 492. The standard InChI is InChI=1S/C13H16FIN2O2/c14-9-6-12(11(16)7-10(9)15)17-3-1-2-13(8-17)18-4-5-19-13/h6-7H,1-5,8,16H2. The molecule has 1 aromatic rings. The van der Waals surface area contributed by atoms with Crippen molar-refractivity contribution in [1.29, 1.82) is 0 Å². The Hall–Kier alpha value is -0.600. The minimum atomic E-state index is -0.524. The molecule has 0 radical (unpaired) electrons. The summed E-state index contributed by atoms with van der Waals surface area (Å²) in [6.45, 7) is 2.71. The van der Waals surface area contributed by atoms with Gasteiger partial charge in [-0.25, -0.2) is 4.39 Å². The van der Waals surface area contributed by atoms with Crippen molar-refractivity contribution >= 4 is 34.0 Å². The smallest absolute Gasteiger partial charge is 0.186 e. The summed E-state index contributed by atoms with van der Waals surface area (Å²) in [4.78, 5) is 2.06. The molecule has 104 valence electrons. The summed E-state index contributed by atoms with van der Waals surface area (Å²) in [5, 5.41) is 0. The SMILES string of the molecule is Nc1cc(I)c(F)cc1N1CCCC2(C1)OCCO2. The van der Waals surface area contributed by atoms with Crippen LogP contribution in [-0.4, -0.2) is 32.1 Å². The summed E-state index contributed by atoms with van der Waals surface area (Å²) in [5.74, 6) is -0.762. The number of nitrogens with zero attached hydrogens (tertiary/aromatic N) is 1. The van der Waals surface area contributed by atoms with Gasteiger partial charge in [-0.3, -0.25) is 0 Å². The molecule has 1 aromatic carbocycles. The van der Waals surface area contributed by atoms with Crippen LogP contribution >= 0.6 is 22.6 Å². The van der Waals surface area contributed by atoms with E-state index in [-0.39, 0.29) is 5.82 Å². The van der Waals surface area contributed by atoms with E-state index in [4.69, 9.17) is 15.2 Å². The molecule has 1 spiro atoms. The second kappa shape index (κ2) is 5.06. The molecule has 6 heteroatoms. The lowest BCUT2D eigenvalue weighted by Crippen LogP contribution is -2.49. The highest BCUT2D eigenvalue weighted by atomic mass is 127. The van der Waals surface area contributed by atoms with Gasteiger partial charge in [0.05, 0.1) is 34.7 Å². The molecule has 2 aliphatic rings. The predicted molar refractivity (Wildman–Crippen MR) is 79.6 cm³/mol. The molecule has 2 N–H and O–H groups in total. The van der Waals surface area contributed by atoms with Crippen LogP contribution in [0.4, 0.5) is 15.8 Å². The van der Waals surface area contributed by atoms with Crippen LogP contribution in [0.5, 0.6) is 0 Å². The molecule has 0 atom stereocenters. The fourth-order valence-corrected chi connectivity index (χ4v) is 3.24. The van der Waals surface area contributed by atoms with Gasteiger partial charge in [0, 0.05) is 19.0 Å². The monoisotopic (exact) mass is 378 g/mol. The van der Waals surface area contributed by atoms with E-state index in [1.54, 1.807) is 6.07 Å². The van der Waals surface area contributed by atoms with Gasteiger partial charge < -0.3 is 20.1 Å². The first-order valence-electron chi connectivity index (χ1n) is 6.37. The van der Waals surface area contributed by atoms with E-state index >= 15 is 0 Å². The molecule has 3 rings (SSSR count). The van der Waals surface area contributed by atoms with Crippen LogP contribution < -0.4 is 10.6 Å². The zero-order chi connectivity index (χ0) is 13.5. The average molecular weight is 378 g/mol. The van der Waals surface area contributed by atoms with Crippen molar-refractivity contribution in [3.8, 4) is 0 Å². The maximum atomic E-state index is 13.7. The van der Waals surface area contributed by atoms with Crippen LogP contribution in [0.1, 0.15) is 12.8 Å². The number of halogens is 2. The number of hydrogen-bond acceptors (Lipinski definition) is 4. The van der Waals surface area contributed by atoms with Crippen LogP contribution in [0.2, 0.25) is 0 Å². The van der Waals surface area contributed by atoms with Crippen molar-refractivity contribution in [3.05, 3.63) is 21.5 Å². The van der Waals surface area contributed by atoms with Crippen LogP contribution in [0.15, 0.2) is 12.1 Å². The minimum absolute atomic E-state index is 0.238. The first-order chi connectivity index (χ1) is 9.10. The van der Waals surface area contributed by atoms with Gasteiger partial charge in [0.25, 0.3) is 0 Å². The van der Waals surface area contributed by atoms with Gasteiger partial charge in [0.1, 0.15) is 5.82 Å². The summed E-state index contributed by atoms with van der Waals surface area (Å²) >= 11 is 1.95. The van der Waals surface area contributed by atoms with E-state index < -0.39 is 5.79 Å². The Morgan fingerprint density at radius 1 is 1.32 bits per heavy atom. The molecule has 2 saturated heterocycles. The molecular weight excluding hydrogens is 362 g/mol. The van der Waals surface area contributed by atoms with Crippen molar-refractivity contribution < 1.29 is 13.9 Å². The molecule has 0 saturated carbocycles. The lowest BCUT2D eigenvalue weighted by molar-refractivity contribution is -0.161. The number of anilines is 2. The summed E-state index contributed by atoms with van der Waals surface area (Å²) < 4.78 is 25.7. The van der Waals surface area contributed by atoms with Crippen molar-refractivity contribution in [1.82, 2.24) is 0 Å². The topological polar surface area (TPSA) is 47.7 Å². The first-order valence-corrected chi connectivity index (χ1v) is 7.45. The second-order valence-electron chi connectivity index (χ2n) is 4.96. The first kappa shape index (κ1) is 13.4. The normalized spacial score (nSPS) is 22.1. The second-order valence-corrected chi connectivity index (χ2v) is 6.12. The number of hydrogen-bond donors (Lipinski definition) is 1. The Balaban J connectivity index is 1.87. The minimum Gasteiger partial charge on any atom is -0.397 e. The Labute approximate surface area is 125 Å². The van der Waals surface area contributed by atoms with Gasteiger partial charge in [0.2, 0.25) is 0 Å². The third-order valence-electron chi connectivity index (χ3n) is 3.64. The van der Waals surface area contributed by atoms with Gasteiger partial charge in [0.15, 0.2) is 5.79 Å². The molecular formula is C13H16FIN2O2. The van der Waals surface area contributed by atoms with E-state index in [0.29, 0.717) is 29.0 Å². The zero-order valence-electron chi connectivity index (χ0n) is 10.5. The van der Waals surface area contributed by atoms with E-state index in [2.05, 4.69) is 4.90 Å². The highest BCUT2D eigenvalue weighted by molar-refractivity contribution is 14.1. The number of nitrogens with two attached hydrogens (primary N) is 1. The van der Waals surface area contributed by atoms with Gasteiger partial charge in [-0.2, -0.15) is 0 Å². The fourth-order valence-electron chi connectivity index (χ4n) is 2.75. The van der Waals surface area contributed by atoms with Crippen molar-refractivity contribution in [2.24, 2.45) is 0 Å². The highest BCUT2D eigenvalue weighted by Crippen LogP contribution is 2.35. The fraction of sp³-hybridized carbons (Fsp3) is 0.538. The van der Waals surface area contributed by atoms with Crippen molar-refractivity contribution in [2.45, 2.75) is 18.6 Å².